The summed E-state index contributed by atoms with van der Waals surface area (Å²) < 4.78 is 16.9. The third-order valence-corrected chi connectivity index (χ3v) is 5.90. The molecule has 0 radical (unpaired) electrons. The fraction of sp³-hybridized carbons (Fsp3) is 0.360. The Hall–Kier alpha value is -2.50. The van der Waals surface area contributed by atoms with E-state index in [0.717, 1.165) is 6.29 Å². The van der Waals surface area contributed by atoms with E-state index in [-0.39, 0.29) is 24.7 Å². The Bertz CT molecular complexity index is 957. The van der Waals surface area contributed by atoms with Gasteiger partial charge in [0.2, 0.25) is 0 Å². The number of hydrogen-bond donors (Lipinski definition) is 0. The Morgan fingerprint density at radius 3 is 2.53 bits per heavy atom. The minimum atomic E-state index is -0.578. The molecule has 3 atom stereocenters. The van der Waals surface area contributed by atoms with E-state index < -0.39 is 12.1 Å². The molecule has 1 aliphatic rings. The van der Waals surface area contributed by atoms with Gasteiger partial charge in [0, 0.05) is 33.9 Å². The molecule has 1 aromatic carbocycles. The Morgan fingerprint density at radius 1 is 1.25 bits per heavy atom. The van der Waals surface area contributed by atoms with Crippen molar-refractivity contribution in [3.05, 3.63) is 81.3 Å². The molecule has 32 heavy (non-hydrogen) atoms. The zero-order chi connectivity index (χ0) is 23.8. The van der Waals surface area contributed by atoms with Gasteiger partial charge >= 0.3 is 5.97 Å². The van der Waals surface area contributed by atoms with Gasteiger partial charge in [0.25, 0.3) is 0 Å². The van der Waals surface area contributed by atoms with Gasteiger partial charge in [-0.2, -0.15) is 0 Å². The number of benzene rings is 1. The molecule has 0 aromatic heterocycles. The maximum Gasteiger partial charge on any atom is 0.310 e. The first kappa shape index (κ1) is 25.8. The number of rotatable bonds is 10. The Labute approximate surface area is 199 Å². The lowest BCUT2D eigenvalue weighted by atomic mass is 9.81. The zero-order valence-electron chi connectivity index (χ0n) is 18.7. The summed E-state index contributed by atoms with van der Waals surface area (Å²) in [5.41, 5.74) is 1.81. The first-order valence-electron chi connectivity index (χ1n) is 10.2. The summed E-state index contributed by atoms with van der Waals surface area (Å²) in [7, 11) is 3.16. The van der Waals surface area contributed by atoms with Gasteiger partial charge in [0.15, 0.2) is 5.76 Å². The van der Waals surface area contributed by atoms with Crippen LogP contribution >= 0.6 is 23.2 Å². The smallest absolute Gasteiger partial charge is 0.310 e. The highest BCUT2D eigenvalue weighted by molar-refractivity contribution is 6.35. The highest BCUT2D eigenvalue weighted by Gasteiger charge is 2.35. The quantitative estimate of drug-likeness (QED) is 0.236. The lowest BCUT2D eigenvalue weighted by Gasteiger charge is -2.33. The molecule has 0 fully saturated rings. The Balaban J connectivity index is 2.32. The third kappa shape index (κ3) is 6.50. The lowest BCUT2D eigenvalue weighted by molar-refractivity contribution is -0.151. The van der Waals surface area contributed by atoms with E-state index in [1.807, 2.05) is 19.1 Å². The van der Waals surface area contributed by atoms with Gasteiger partial charge in [-0.15, -0.1) is 0 Å². The maximum atomic E-state index is 12.9. The number of ether oxygens (including phenoxy) is 3. The predicted molar refractivity (Wildman–Crippen MR) is 126 cm³/mol. The van der Waals surface area contributed by atoms with E-state index in [4.69, 9.17) is 37.4 Å². The van der Waals surface area contributed by atoms with Gasteiger partial charge < -0.3 is 14.2 Å². The van der Waals surface area contributed by atoms with Crippen LogP contribution in [0.15, 0.2) is 70.2 Å². The molecule has 5 nitrogen and oxygen atoms in total. The minimum absolute atomic E-state index is 0.0278. The predicted octanol–water partition coefficient (Wildman–Crippen LogP) is 5.94. The molecule has 0 N–H and O–H groups in total. The molecular weight excluding hydrogens is 451 g/mol. The second-order valence-corrected chi connectivity index (χ2v) is 8.57. The second kappa shape index (κ2) is 11.9. The maximum absolute atomic E-state index is 12.9. The molecule has 0 saturated carbocycles. The van der Waals surface area contributed by atoms with Crippen molar-refractivity contribution >= 4 is 35.5 Å². The van der Waals surface area contributed by atoms with Gasteiger partial charge in [-0.05, 0) is 30.2 Å². The number of carbonyl (C=O) groups excluding carboxylic acids is 2. The number of allylic oxidation sites excluding steroid dienone is 4. The van der Waals surface area contributed by atoms with Crippen LogP contribution in [0.25, 0.3) is 0 Å². The summed E-state index contributed by atoms with van der Waals surface area (Å²) in [6.07, 6.45) is 4.23. The molecule has 0 saturated heterocycles. The van der Waals surface area contributed by atoms with Crippen LogP contribution in [0.4, 0.5) is 0 Å². The summed E-state index contributed by atoms with van der Waals surface area (Å²) >= 11 is 12.4. The minimum Gasteiger partial charge on any atom is -0.497 e. The molecule has 172 valence electrons. The molecule has 0 heterocycles. The van der Waals surface area contributed by atoms with Crippen LogP contribution in [-0.2, 0) is 25.4 Å². The van der Waals surface area contributed by atoms with E-state index >= 15 is 0 Å². The van der Waals surface area contributed by atoms with Gasteiger partial charge in [-0.3, -0.25) is 9.59 Å². The Morgan fingerprint density at radius 2 is 1.97 bits per heavy atom. The molecular formula is C25H28Cl2O5. The van der Waals surface area contributed by atoms with Gasteiger partial charge in [0.1, 0.15) is 18.1 Å². The lowest BCUT2D eigenvalue weighted by Crippen LogP contribution is -2.34. The first-order chi connectivity index (χ1) is 15.2. The average molecular weight is 479 g/mol. The number of aldehydes is 1. The highest BCUT2D eigenvalue weighted by atomic mass is 35.5. The van der Waals surface area contributed by atoms with E-state index in [0.29, 0.717) is 38.3 Å². The fourth-order valence-electron chi connectivity index (χ4n) is 3.80. The van der Waals surface area contributed by atoms with Crippen molar-refractivity contribution in [3.63, 3.8) is 0 Å². The van der Waals surface area contributed by atoms with Crippen molar-refractivity contribution in [1.29, 1.82) is 0 Å². The molecule has 1 aromatic rings. The number of esters is 1. The van der Waals surface area contributed by atoms with E-state index in [1.165, 1.54) is 0 Å². The van der Waals surface area contributed by atoms with Crippen molar-refractivity contribution in [2.45, 2.75) is 32.8 Å². The van der Waals surface area contributed by atoms with Crippen LogP contribution in [0.3, 0.4) is 0 Å². The summed E-state index contributed by atoms with van der Waals surface area (Å²) in [5, 5.41) is 0.780. The largest absolute Gasteiger partial charge is 0.497 e. The van der Waals surface area contributed by atoms with Crippen molar-refractivity contribution in [2.75, 3.05) is 14.2 Å². The Kier molecular flexibility index (Phi) is 9.60. The van der Waals surface area contributed by atoms with Crippen molar-refractivity contribution in [2.24, 2.45) is 11.8 Å². The van der Waals surface area contributed by atoms with Crippen molar-refractivity contribution in [1.82, 2.24) is 0 Å². The summed E-state index contributed by atoms with van der Waals surface area (Å²) in [5.74, 6) is 0.522. The SMILES string of the molecule is C=C(Cl)/C(C[C@H](OC(=O)Cc1cccc(C=O)c1)C1C=CC(OC)=C(OC)C1C)=C(\C)Cl. The van der Waals surface area contributed by atoms with Crippen LogP contribution in [0, 0.1) is 11.8 Å². The monoisotopic (exact) mass is 478 g/mol. The first-order valence-corrected chi connectivity index (χ1v) is 10.9. The van der Waals surface area contributed by atoms with Crippen LogP contribution in [0.1, 0.15) is 36.2 Å². The van der Waals surface area contributed by atoms with Gasteiger partial charge in [0.05, 0.1) is 20.6 Å². The number of hydrogen-bond acceptors (Lipinski definition) is 5. The highest BCUT2D eigenvalue weighted by Crippen LogP contribution is 2.37. The van der Waals surface area contributed by atoms with Crippen LogP contribution in [0.5, 0.6) is 0 Å². The van der Waals surface area contributed by atoms with Crippen molar-refractivity contribution in [3.8, 4) is 0 Å². The molecule has 7 heteroatoms. The fourth-order valence-corrected chi connectivity index (χ4v) is 4.26. The number of halogens is 2. The van der Waals surface area contributed by atoms with Crippen LogP contribution in [0.2, 0.25) is 0 Å². The molecule has 0 spiro atoms. The molecule has 0 bridgehead atoms. The van der Waals surface area contributed by atoms with E-state index in [2.05, 4.69) is 6.58 Å². The molecule has 2 rings (SSSR count). The summed E-state index contributed by atoms with van der Waals surface area (Å²) in [6, 6.07) is 6.85. The van der Waals surface area contributed by atoms with E-state index in [1.54, 1.807) is 45.4 Å². The summed E-state index contributed by atoms with van der Waals surface area (Å²) in [6.45, 7) is 7.49. The van der Waals surface area contributed by atoms with E-state index in [9.17, 15) is 9.59 Å². The van der Waals surface area contributed by atoms with Crippen molar-refractivity contribution < 1.29 is 23.8 Å². The average Bonchev–Trinajstić information content (AvgIpc) is 2.75. The zero-order valence-corrected chi connectivity index (χ0v) is 20.2. The van der Waals surface area contributed by atoms with Gasteiger partial charge in [-0.1, -0.05) is 61.0 Å². The van der Waals surface area contributed by atoms with Crippen LogP contribution < -0.4 is 0 Å². The third-order valence-electron chi connectivity index (χ3n) is 5.44. The number of methoxy groups -OCH3 is 2. The van der Waals surface area contributed by atoms with Gasteiger partial charge in [-0.25, -0.2) is 0 Å². The second-order valence-electron chi connectivity index (χ2n) is 7.55. The summed E-state index contributed by atoms with van der Waals surface area (Å²) in [4.78, 5) is 23.9. The molecule has 0 aliphatic heterocycles. The van der Waals surface area contributed by atoms with Crippen LogP contribution in [-0.4, -0.2) is 32.6 Å². The molecule has 2 unspecified atom stereocenters. The standard InChI is InChI=1S/C25H28Cl2O5/c1-15-20(9-10-22(30-4)25(15)31-5)23(13-21(16(2)26)17(3)27)32-24(29)12-18-7-6-8-19(11-18)14-28/h6-11,14-15,20,23H,2,12-13H2,1,3-5H3/b21-17+/t15?,20?,23-/m0/s1. The molecule has 1 aliphatic carbocycles. The topological polar surface area (TPSA) is 61.8 Å². The number of carbonyl (C=O) groups is 2. The normalized spacial score (nSPS) is 19.7. The molecule has 0 amide bonds.